The molecule has 4 aromatic rings. The minimum absolute atomic E-state index is 0.0765. The Morgan fingerprint density at radius 3 is 2.48 bits per heavy atom. The molecule has 2 aliphatic rings. The maximum Gasteiger partial charge on any atom is 0.173 e. The number of morpholine rings is 1. The van der Waals surface area contributed by atoms with Gasteiger partial charge >= 0.3 is 0 Å². The Morgan fingerprint density at radius 1 is 1.00 bits per heavy atom. The van der Waals surface area contributed by atoms with Gasteiger partial charge in [-0.2, -0.15) is 0 Å². The Balaban J connectivity index is 1.47. The second-order valence-corrected chi connectivity index (χ2v) is 12.3. The van der Waals surface area contributed by atoms with E-state index in [-0.39, 0.29) is 11.2 Å². The average molecular weight is 554 g/mol. The zero-order valence-electron chi connectivity index (χ0n) is 23.3. The van der Waals surface area contributed by atoms with Gasteiger partial charge in [-0.05, 0) is 52.8 Å². The summed E-state index contributed by atoms with van der Waals surface area (Å²) in [6, 6.07) is 22.7. The molecule has 6 rings (SSSR count). The minimum Gasteiger partial charge on any atom is -0.497 e. The lowest BCUT2D eigenvalue weighted by Gasteiger charge is -2.30. The second kappa shape index (κ2) is 11.1. The van der Waals surface area contributed by atoms with E-state index in [0.717, 1.165) is 58.3 Å². The second-order valence-electron chi connectivity index (χ2n) is 11.3. The summed E-state index contributed by atoms with van der Waals surface area (Å²) in [7, 11) is 1.68. The number of thiophene rings is 1. The third-order valence-electron chi connectivity index (χ3n) is 7.65. The average Bonchev–Trinajstić information content (AvgIpc) is 3.36. The van der Waals surface area contributed by atoms with Crippen molar-refractivity contribution in [3.8, 4) is 28.1 Å². The highest BCUT2D eigenvalue weighted by molar-refractivity contribution is 7.19. The first-order valence-corrected chi connectivity index (χ1v) is 14.7. The number of rotatable bonds is 7. The molecular weight excluding hydrogens is 518 g/mol. The van der Waals surface area contributed by atoms with E-state index in [1.165, 1.54) is 16.1 Å². The Bertz CT molecular complexity index is 1510. The minimum atomic E-state index is -0.0765. The van der Waals surface area contributed by atoms with Crippen LogP contribution in [0.3, 0.4) is 0 Å². The van der Waals surface area contributed by atoms with Gasteiger partial charge in [0.1, 0.15) is 11.6 Å². The molecule has 0 unspecified atom stereocenters. The molecule has 0 saturated carbocycles. The van der Waals surface area contributed by atoms with Crippen molar-refractivity contribution in [2.24, 2.45) is 5.41 Å². The number of aromatic nitrogens is 1. The Labute approximate surface area is 240 Å². The van der Waals surface area contributed by atoms with Crippen molar-refractivity contribution in [2.75, 3.05) is 43.6 Å². The number of carbonyl (C=O) groups excluding carboxylic acids is 1. The first-order valence-electron chi connectivity index (χ1n) is 13.9. The van der Waals surface area contributed by atoms with Crippen molar-refractivity contribution in [3.63, 3.8) is 0 Å². The van der Waals surface area contributed by atoms with Gasteiger partial charge in [-0.1, -0.05) is 56.3 Å². The van der Waals surface area contributed by atoms with Gasteiger partial charge < -0.3 is 19.7 Å². The number of anilines is 2. The van der Waals surface area contributed by atoms with E-state index in [1.54, 1.807) is 18.4 Å². The molecular formula is C33H35N3O3S. The van der Waals surface area contributed by atoms with Crippen LogP contribution in [0.15, 0.2) is 66.7 Å². The summed E-state index contributed by atoms with van der Waals surface area (Å²) in [5.74, 6) is 1.90. The van der Waals surface area contributed by atoms with E-state index in [0.29, 0.717) is 26.2 Å². The van der Waals surface area contributed by atoms with Crippen molar-refractivity contribution >= 4 is 27.9 Å². The van der Waals surface area contributed by atoms with Gasteiger partial charge in [0.15, 0.2) is 5.78 Å². The number of nitrogens with zero attached hydrogens (tertiary/aromatic N) is 2. The number of benzene rings is 2. The number of fused-ring (bicyclic) bond motifs is 1. The van der Waals surface area contributed by atoms with Crippen molar-refractivity contribution in [2.45, 2.75) is 33.2 Å². The lowest BCUT2D eigenvalue weighted by molar-refractivity contribution is 0.0918. The lowest BCUT2D eigenvalue weighted by atomic mass is 9.75. The zero-order chi connectivity index (χ0) is 27.7. The summed E-state index contributed by atoms with van der Waals surface area (Å²) < 4.78 is 11.0. The van der Waals surface area contributed by atoms with Gasteiger partial charge in [-0.15, -0.1) is 11.3 Å². The molecule has 1 N–H and O–H groups in total. The van der Waals surface area contributed by atoms with Gasteiger partial charge in [-0.25, -0.2) is 4.98 Å². The predicted octanol–water partition coefficient (Wildman–Crippen LogP) is 7.09. The summed E-state index contributed by atoms with van der Waals surface area (Å²) in [5, 5.41) is 4.74. The Hall–Kier alpha value is -3.68. The maximum absolute atomic E-state index is 13.4. The molecule has 0 atom stereocenters. The molecule has 2 aromatic heterocycles. The number of ketones is 1. The van der Waals surface area contributed by atoms with Crippen LogP contribution in [0.25, 0.3) is 22.4 Å². The maximum atomic E-state index is 13.4. The van der Waals surface area contributed by atoms with Crippen LogP contribution in [-0.4, -0.2) is 44.2 Å². The Morgan fingerprint density at radius 2 is 1.75 bits per heavy atom. The number of methoxy groups -OCH3 is 1. The van der Waals surface area contributed by atoms with E-state index in [4.69, 9.17) is 14.5 Å². The number of hydrogen-bond donors (Lipinski definition) is 1. The third-order valence-corrected chi connectivity index (χ3v) is 8.98. The van der Waals surface area contributed by atoms with Crippen LogP contribution in [0.1, 0.15) is 41.1 Å². The van der Waals surface area contributed by atoms with Crippen LogP contribution in [0.2, 0.25) is 0 Å². The number of Topliss-reactive ketones (excluding diaryl/α,β-unsaturated/α-hetero) is 1. The fraction of sp³-hybridized carbons (Fsp3) is 0.333. The van der Waals surface area contributed by atoms with Crippen LogP contribution in [0.5, 0.6) is 5.75 Å². The topological polar surface area (TPSA) is 63.7 Å². The zero-order valence-corrected chi connectivity index (χ0v) is 24.1. The molecule has 0 amide bonds. The van der Waals surface area contributed by atoms with Gasteiger partial charge in [0, 0.05) is 37.2 Å². The molecule has 1 aliphatic carbocycles. The number of ether oxygens (including phenoxy) is 2. The summed E-state index contributed by atoms with van der Waals surface area (Å²) >= 11 is 1.66. The van der Waals surface area contributed by atoms with Crippen LogP contribution < -0.4 is 15.0 Å². The van der Waals surface area contributed by atoms with Crippen LogP contribution in [0, 0.1) is 5.41 Å². The van der Waals surface area contributed by atoms with E-state index >= 15 is 0 Å². The number of carbonyl (C=O) groups is 1. The van der Waals surface area contributed by atoms with Crippen LogP contribution in [0.4, 0.5) is 10.8 Å². The van der Waals surface area contributed by atoms with Crippen molar-refractivity contribution in [1.82, 2.24) is 4.98 Å². The highest BCUT2D eigenvalue weighted by Crippen LogP contribution is 2.50. The summed E-state index contributed by atoms with van der Waals surface area (Å²) in [4.78, 5) is 21.7. The summed E-state index contributed by atoms with van der Waals surface area (Å²) in [6.45, 7) is 8.08. The quantitative estimate of drug-likeness (QED) is 0.264. The smallest absolute Gasteiger partial charge is 0.173 e. The normalized spacial score (nSPS) is 16.5. The van der Waals surface area contributed by atoms with Crippen LogP contribution in [-0.2, 0) is 17.7 Å². The monoisotopic (exact) mass is 553 g/mol. The molecule has 0 spiro atoms. The molecule has 2 aromatic carbocycles. The van der Waals surface area contributed by atoms with E-state index < -0.39 is 0 Å². The van der Waals surface area contributed by atoms with Gasteiger partial charge in [0.2, 0.25) is 0 Å². The largest absolute Gasteiger partial charge is 0.497 e. The molecule has 0 radical (unpaired) electrons. The Kier molecular flexibility index (Phi) is 7.34. The van der Waals surface area contributed by atoms with Gasteiger partial charge in [-0.3, -0.25) is 4.79 Å². The highest BCUT2D eigenvalue weighted by atomic mass is 32.1. The van der Waals surface area contributed by atoms with Crippen molar-refractivity contribution in [3.05, 3.63) is 82.7 Å². The predicted molar refractivity (Wildman–Crippen MR) is 163 cm³/mol. The number of pyridine rings is 1. The van der Waals surface area contributed by atoms with Crippen molar-refractivity contribution < 1.29 is 14.3 Å². The molecule has 6 nitrogen and oxygen atoms in total. The standard InChI is InChI=1S/C33H35N3O3S/c1-33(2)19-26-30(32(36-13-15-39-16-14-36)40-31(26)28(37)20-33)24-17-27(23-7-5-4-6-8-23)35-29(18-24)34-21-22-9-11-25(38-3)12-10-22/h4-12,17-18H,13-16,19-21H2,1-3H3,(H,34,35). The van der Waals surface area contributed by atoms with Crippen molar-refractivity contribution in [1.29, 1.82) is 0 Å². The fourth-order valence-electron chi connectivity index (χ4n) is 5.65. The molecule has 7 heteroatoms. The third kappa shape index (κ3) is 5.49. The highest BCUT2D eigenvalue weighted by Gasteiger charge is 2.37. The molecule has 40 heavy (non-hydrogen) atoms. The van der Waals surface area contributed by atoms with E-state index in [9.17, 15) is 4.79 Å². The van der Waals surface area contributed by atoms with E-state index in [1.807, 2.05) is 30.3 Å². The van der Waals surface area contributed by atoms with E-state index in [2.05, 4.69) is 60.5 Å². The molecule has 206 valence electrons. The summed E-state index contributed by atoms with van der Waals surface area (Å²) in [6.07, 6.45) is 1.46. The van der Waals surface area contributed by atoms with Gasteiger partial charge in [0.05, 0.1) is 35.9 Å². The molecule has 1 aliphatic heterocycles. The SMILES string of the molecule is COc1ccc(CNc2cc(-c3c(N4CCOCC4)sc4c3CC(C)(C)CC4=O)cc(-c3ccccc3)n2)cc1. The molecule has 0 bridgehead atoms. The molecule has 1 fully saturated rings. The molecule has 1 saturated heterocycles. The van der Waals surface area contributed by atoms with Crippen LogP contribution >= 0.6 is 11.3 Å². The summed E-state index contributed by atoms with van der Waals surface area (Å²) in [5.41, 5.74) is 6.48. The molecule has 3 heterocycles. The first kappa shape index (κ1) is 26.5. The number of hydrogen-bond acceptors (Lipinski definition) is 7. The lowest BCUT2D eigenvalue weighted by Crippen LogP contribution is -2.36. The fourth-order valence-corrected chi connectivity index (χ4v) is 6.98. The van der Waals surface area contributed by atoms with Gasteiger partial charge in [0.25, 0.3) is 0 Å². The number of nitrogens with one attached hydrogen (secondary N) is 1. The first-order chi connectivity index (χ1) is 19.4.